The molecule has 1 aromatic carbocycles. The van der Waals surface area contributed by atoms with Crippen molar-refractivity contribution in [3.63, 3.8) is 0 Å². The Morgan fingerprint density at radius 1 is 1.58 bits per heavy atom. The largest absolute Gasteiger partial charge is 0.506 e. The molecule has 0 aromatic heterocycles. The van der Waals surface area contributed by atoms with Gasteiger partial charge in [0.15, 0.2) is 0 Å². The van der Waals surface area contributed by atoms with Gasteiger partial charge in [0.25, 0.3) is 0 Å². The molecule has 3 N–H and O–H groups in total. The summed E-state index contributed by atoms with van der Waals surface area (Å²) in [4.78, 5) is 0. The number of nitrogen functional groups attached to an aromatic ring is 1. The Balaban J connectivity index is 3.36. The number of anilines is 1. The van der Waals surface area contributed by atoms with Crippen LogP contribution in [-0.2, 0) is 0 Å². The number of benzene rings is 1. The van der Waals surface area contributed by atoms with E-state index in [4.69, 9.17) is 20.8 Å². The molecule has 62 valence electrons. The summed E-state index contributed by atoms with van der Waals surface area (Å²) < 4.78 is 4.86. The number of nitrogens with two attached hydrogens (primary N) is 1. The minimum absolute atomic E-state index is 0.0503. The number of aromatic hydroxyl groups is 1. The minimum Gasteiger partial charge on any atom is -0.506 e. The van der Waals surface area contributed by atoms with Crippen molar-refractivity contribution in [1.82, 2.24) is 0 Å². The number of hydrogen-bond donors (Lipinski definition) is 2. The fraction of sp³-hybridized carbons (Fsp3) is 0.125. The predicted molar refractivity (Wildman–Crippen MR) is 43.8 cm³/mol. The molecule has 1 rings (SSSR count). The van der Waals surface area contributed by atoms with Gasteiger partial charge in [-0.05, 0) is 12.1 Å². The van der Waals surface area contributed by atoms with Crippen LogP contribution in [0.1, 0.15) is 5.56 Å². The summed E-state index contributed by atoms with van der Waals surface area (Å²) in [5.41, 5.74) is 5.71. The molecule has 0 aliphatic rings. The van der Waals surface area contributed by atoms with Crippen LogP contribution in [0.5, 0.6) is 11.5 Å². The van der Waals surface area contributed by atoms with E-state index in [1.807, 2.05) is 0 Å². The normalized spacial score (nSPS) is 9.00. The summed E-state index contributed by atoms with van der Waals surface area (Å²) >= 11 is 0. The SMILES string of the molecule is COc1ccc(O)c(C#N)c1N. The summed E-state index contributed by atoms with van der Waals surface area (Å²) in [6, 6.07) is 4.66. The van der Waals surface area contributed by atoms with E-state index >= 15 is 0 Å². The molecule has 12 heavy (non-hydrogen) atoms. The first-order valence-corrected chi connectivity index (χ1v) is 3.26. The van der Waals surface area contributed by atoms with Crippen LogP contribution < -0.4 is 10.5 Å². The first-order chi connectivity index (χ1) is 5.70. The van der Waals surface area contributed by atoms with Crippen molar-refractivity contribution in [2.45, 2.75) is 0 Å². The van der Waals surface area contributed by atoms with E-state index in [1.165, 1.54) is 19.2 Å². The first kappa shape index (κ1) is 8.21. The molecule has 0 heterocycles. The number of nitrogens with zero attached hydrogens (tertiary/aromatic N) is 1. The lowest BCUT2D eigenvalue weighted by atomic mass is 10.1. The molecule has 0 radical (unpaired) electrons. The summed E-state index contributed by atoms with van der Waals surface area (Å²) in [5, 5.41) is 17.7. The first-order valence-electron chi connectivity index (χ1n) is 3.26. The Labute approximate surface area is 69.8 Å². The molecule has 0 saturated carbocycles. The molecule has 0 unspecified atom stereocenters. The fourth-order valence-corrected chi connectivity index (χ4v) is 0.884. The lowest BCUT2D eigenvalue weighted by Crippen LogP contribution is -1.95. The van der Waals surface area contributed by atoms with Crippen LogP contribution >= 0.6 is 0 Å². The van der Waals surface area contributed by atoms with Crippen LogP contribution in [0.4, 0.5) is 5.69 Å². The third-order valence-electron chi connectivity index (χ3n) is 1.52. The Kier molecular flexibility index (Phi) is 2.06. The highest BCUT2D eigenvalue weighted by Crippen LogP contribution is 2.30. The van der Waals surface area contributed by atoms with Gasteiger partial charge in [-0.2, -0.15) is 5.26 Å². The van der Waals surface area contributed by atoms with Crippen molar-refractivity contribution in [2.24, 2.45) is 0 Å². The van der Waals surface area contributed by atoms with Crippen LogP contribution in [0.2, 0.25) is 0 Å². The zero-order valence-corrected chi connectivity index (χ0v) is 6.53. The molecule has 4 nitrogen and oxygen atoms in total. The van der Waals surface area contributed by atoms with E-state index in [1.54, 1.807) is 6.07 Å². The Morgan fingerprint density at radius 3 is 2.75 bits per heavy atom. The summed E-state index contributed by atoms with van der Waals surface area (Å²) in [7, 11) is 1.45. The van der Waals surface area contributed by atoms with Crippen molar-refractivity contribution in [1.29, 1.82) is 5.26 Å². The number of ether oxygens (including phenoxy) is 1. The molecule has 0 aliphatic heterocycles. The van der Waals surface area contributed by atoms with E-state index in [-0.39, 0.29) is 17.0 Å². The molecule has 0 fully saturated rings. The Morgan fingerprint density at radius 2 is 2.25 bits per heavy atom. The van der Waals surface area contributed by atoms with Crippen molar-refractivity contribution in [3.05, 3.63) is 17.7 Å². The third-order valence-corrected chi connectivity index (χ3v) is 1.52. The van der Waals surface area contributed by atoms with E-state index in [0.717, 1.165) is 0 Å². The monoisotopic (exact) mass is 164 g/mol. The number of methoxy groups -OCH3 is 1. The van der Waals surface area contributed by atoms with Crippen molar-refractivity contribution in [2.75, 3.05) is 12.8 Å². The zero-order valence-electron chi connectivity index (χ0n) is 6.53. The topological polar surface area (TPSA) is 79.3 Å². The van der Waals surface area contributed by atoms with E-state index in [0.29, 0.717) is 5.75 Å². The number of nitriles is 1. The van der Waals surface area contributed by atoms with Crippen LogP contribution in [-0.4, -0.2) is 12.2 Å². The van der Waals surface area contributed by atoms with Gasteiger partial charge in [-0.15, -0.1) is 0 Å². The molecule has 0 amide bonds. The average Bonchev–Trinajstić information content (AvgIpc) is 2.06. The fourth-order valence-electron chi connectivity index (χ4n) is 0.884. The highest BCUT2D eigenvalue weighted by Gasteiger charge is 2.09. The third kappa shape index (κ3) is 1.12. The molecule has 0 atom stereocenters. The van der Waals surface area contributed by atoms with Gasteiger partial charge in [0.1, 0.15) is 23.1 Å². The number of rotatable bonds is 1. The number of phenols is 1. The highest BCUT2D eigenvalue weighted by atomic mass is 16.5. The zero-order chi connectivity index (χ0) is 9.14. The maximum Gasteiger partial charge on any atom is 0.143 e. The highest BCUT2D eigenvalue weighted by molar-refractivity contribution is 5.68. The number of hydrogen-bond acceptors (Lipinski definition) is 4. The molecule has 0 aliphatic carbocycles. The molecule has 0 spiro atoms. The van der Waals surface area contributed by atoms with Crippen LogP contribution in [0.25, 0.3) is 0 Å². The second-order valence-corrected chi connectivity index (χ2v) is 2.19. The van der Waals surface area contributed by atoms with Gasteiger partial charge in [-0.25, -0.2) is 0 Å². The van der Waals surface area contributed by atoms with Crippen LogP contribution in [0.3, 0.4) is 0 Å². The molecular weight excluding hydrogens is 156 g/mol. The van der Waals surface area contributed by atoms with Crippen LogP contribution in [0, 0.1) is 11.3 Å². The van der Waals surface area contributed by atoms with Gasteiger partial charge in [0.05, 0.1) is 12.8 Å². The van der Waals surface area contributed by atoms with Gasteiger partial charge in [-0.1, -0.05) is 0 Å². The van der Waals surface area contributed by atoms with Gasteiger partial charge < -0.3 is 15.6 Å². The van der Waals surface area contributed by atoms with E-state index in [2.05, 4.69) is 0 Å². The minimum atomic E-state index is -0.129. The van der Waals surface area contributed by atoms with Gasteiger partial charge in [-0.3, -0.25) is 0 Å². The van der Waals surface area contributed by atoms with Crippen molar-refractivity contribution >= 4 is 5.69 Å². The molecule has 4 heteroatoms. The predicted octanol–water partition coefficient (Wildman–Crippen LogP) is 0.855. The standard InChI is InChI=1S/C8H8N2O2/c1-12-7-3-2-6(11)5(4-9)8(7)10/h2-3,11H,10H2,1H3. The maximum atomic E-state index is 9.15. The van der Waals surface area contributed by atoms with Crippen LogP contribution in [0.15, 0.2) is 12.1 Å². The Bertz CT molecular complexity index is 342. The summed E-state index contributed by atoms with van der Waals surface area (Å²) in [5.74, 6) is 0.264. The lowest BCUT2D eigenvalue weighted by molar-refractivity contribution is 0.414. The molecule has 0 saturated heterocycles. The van der Waals surface area contributed by atoms with Gasteiger partial charge >= 0.3 is 0 Å². The summed E-state index contributed by atoms with van der Waals surface area (Å²) in [6.45, 7) is 0. The molecular formula is C8H8N2O2. The maximum absolute atomic E-state index is 9.15. The second kappa shape index (κ2) is 3.01. The second-order valence-electron chi connectivity index (χ2n) is 2.19. The average molecular weight is 164 g/mol. The molecule has 1 aromatic rings. The lowest BCUT2D eigenvalue weighted by Gasteiger charge is -2.05. The van der Waals surface area contributed by atoms with Gasteiger partial charge in [0, 0.05) is 0 Å². The van der Waals surface area contributed by atoms with E-state index < -0.39 is 0 Å². The van der Waals surface area contributed by atoms with Crippen molar-refractivity contribution in [3.8, 4) is 17.6 Å². The molecule has 0 bridgehead atoms. The van der Waals surface area contributed by atoms with E-state index in [9.17, 15) is 0 Å². The Hall–Kier alpha value is -1.89. The quantitative estimate of drug-likeness (QED) is 0.603. The van der Waals surface area contributed by atoms with Crippen molar-refractivity contribution < 1.29 is 9.84 Å². The smallest absolute Gasteiger partial charge is 0.143 e. The van der Waals surface area contributed by atoms with Gasteiger partial charge in [0.2, 0.25) is 0 Å². The summed E-state index contributed by atoms with van der Waals surface area (Å²) in [6.07, 6.45) is 0. The number of phenolic OH excluding ortho intramolecular Hbond substituents is 1.